The van der Waals surface area contributed by atoms with Crippen molar-refractivity contribution in [2.75, 3.05) is 7.11 Å². The average Bonchev–Trinajstić information content (AvgIpc) is 1.71. The van der Waals surface area contributed by atoms with Gasteiger partial charge in [0.2, 0.25) is 0 Å². The molecule has 536 valence electrons. The topological polar surface area (TPSA) is 342 Å². The van der Waals surface area contributed by atoms with Gasteiger partial charge in [0, 0.05) is 183 Å². The van der Waals surface area contributed by atoms with Crippen LogP contribution in [0.2, 0.25) is 15.1 Å². The van der Waals surface area contributed by atoms with Crippen LogP contribution in [-0.4, -0.2) is 86.6 Å². The Bertz CT molecular complexity index is 5740. The van der Waals surface area contributed by atoms with E-state index in [0.717, 1.165) is 51.2 Å². The molecule has 107 heavy (non-hydrogen) atoms. The summed E-state index contributed by atoms with van der Waals surface area (Å²) in [6.45, 7) is 0.0671. The maximum atomic E-state index is 14.4. The molecule has 21 nitrogen and oxygen atoms in total. The number of aliphatic hydroxyl groups excluding tert-OH is 1. The second-order valence-electron chi connectivity index (χ2n) is 24.1. The lowest BCUT2D eigenvalue weighted by Gasteiger charge is -2.09. The molecule has 0 bridgehead atoms. The standard InChI is InChI=1S/2C26H19ClFN5O2.C26H17ClFN5O.CH4O.CH4/c2*27-20-13-31-24-11-21(28)17(10-19(20)24)12-32-26(35)16-5-6-30-18(9-16)8-14-1-3-22-15(7-14)2-4-23(33-22)25(29)34;27-22-14-31-25-11-23(28)18(10-21(22)25)13-32-26(34)17-5-6-30-20(9-17)8-15-1-4-24-16(7-15)2-3-19(12-29)33-24;1-2;/h2*1-7,9-11,13,31H,8,12H2,(H2,29,34)(H,32,35);1-7,9-11,14,31H,8,13H2,(H,32,34);2H,1H3;1H4. The van der Waals surface area contributed by atoms with Gasteiger partial charge in [0.1, 0.15) is 40.6 Å². The number of H-pyrrole nitrogens is 3. The Morgan fingerprint density at radius 1 is 0.439 bits per heavy atom. The molecule has 0 unspecified atom stereocenters. The number of aromatic nitrogens is 9. The highest BCUT2D eigenvalue weighted by Gasteiger charge is 2.18. The minimum atomic E-state index is -0.577. The fourth-order valence-electron chi connectivity index (χ4n) is 11.7. The zero-order chi connectivity index (χ0) is 74.7. The van der Waals surface area contributed by atoms with Gasteiger partial charge in [0.05, 0.1) is 31.6 Å². The van der Waals surface area contributed by atoms with Gasteiger partial charge in [-0.25, -0.2) is 28.1 Å². The van der Waals surface area contributed by atoms with Crippen molar-refractivity contribution < 1.29 is 42.3 Å². The van der Waals surface area contributed by atoms with Crippen molar-refractivity contribution in [1.82, 2.24) is 60.8 Å². The minimum absolute atomic E-state index is 0. The molecule has 9 heterocycles. The third-order valence-electron chi connectivity index (χ3n) is 17.0. The van der Waals surface area contributed by atoms with Crippen molar-refractivity contribution in [1.29, 1.82) is 5.26 Å². The number of primary amides is 2. The monoisotopic (exact) mass is 1490 g/mol. The lowest BCUT2D eigenvalue weighted by atomic mass is 10.0. The number of hydrogen-bond donors (Lipinski definition) is 9. The molecule has 0 spiro atoms. The largest absolute Gasteiger partial charge is 0.400 e. The first-order valence-corrected chi connectivity index (χ1v) is 33.6. The number of pyridine rings is 6. The van der Waals surface area contributed by atoms with Gasteiger partial charge in [-0.05, 0) is 150 Å². The fraction of sp³-hybridized carbons (Fsp3) is 0.100. The summed E-state index contributed by atoms with van der Waals surface area (Å²) in [6, 6.07) is 48.4. The molecule has 0 aliphatic carbocycles. The summed E-state index contributed by atoms with van der Waals surface area (Å²) >= 11 is 18.4. The van der Waals surface area contributed by atoms with E-state index >= 15 is 0 Å². The number of aromatic amines is 3. The van der Waals surface area contributed by atoms with Gasteiger partial charge in [-0.2, -0.15) is 5.26 Å². The molecule has 0 atom stereocenters. The second kappa shape index (κ2) is 33.7. The molecule has 15 aromatic rings. The molecular formula is C80H63Cl3F3N15O6. The number of nitriles is 1. The number of hydrogen-bond acceptors (Lipinski definition) is 13. The number of aliphatic hydroxyl groups is 1. The Labute approximate surface area is 623 Å². The summed E-state index contributed by atoms with van der Waals surface area (Å²) < 4.78 is 43.2. The number of fused-ring (bicyclic) bond motifs is 6. The Balaban J connectivity index is 0.000000157. The van der Waals surface area contributed by atoms with Crippen LogP contribution in [0, 0.1) is 28.8 Å². The van der Waals surface area contributed by atoms with E-state index in [1.165, 1.54) is 18.2 Å². The summed E-state index contributed by atoms with van der Waals surface area (Å²) in [4.78, 5) is 95.5. The van der Waals surface area contributed by atoms with Crippen LogP contribution in [0.4, 0.5) is 13.2 Å². The van der Waals surface area contributed by atoms with Crippen LogP contribution in [0.15, 0.2) is 201 Å². The Morgan fingerprint density at radius 2 is 0.757 bits per heavy atom. The number of nitrogens with one attached hydrogen (secondary N) is 6. The maximum absolute atomic E-state index is 14.4. The van der Waals surface area contributed by atoms with Gasteiger partial charge in [0.15, 0.2) is 0 Å². The van der Waals surface area contributed by atoms with Crippen molar-refractivity contribution >= 4 is 130 Å². The highest BCUT2D eigenvalue weighted by atomic mass is 35.5. The highest BCUT2D eigenvalue weighted by molar-refractivity contribution is 6.36. The predicted molar refractivity (Wildman–Crippen MR) is 406 cm³/mol. The average molecular weight is 1490 g/mol. The van der Waals surface area contributed by atoms with Crippen molar-refractivity contribution in [3.05, 3.63) is 318 Å². The normalized spacial score (nSPS) is 10.8. The van der Waals surface area contributed by atoms with Gasteiger partial charge in [0.25, 0.3) is 29.5 Å². The fourth-order valence-corrected chi connectivity index (χ4v) is 12.3. The molecule has 27 heteroatoms. The molecule has 0 aliphatic heterocycles. The van der Waals surface area contributed by atoms with Gasteiger partial charge in [-0.3, -0.25) is 38.9 Å². The van der Waals surface area contributed by atoms with Crippen molar-refractivity contribution in [3.63, 3.8) is 0 Å². The van der Waals surface area contributed by atoms with Crippen LogP contribution in [-0.2, 0) is 38.9 Å². The lowest BCUT2D eigenvalue weighted by molar-refractivity contribution is 0.0942. The smallest absolute Gasteiger partial charge is 0.267 e. The first-order valence-electron chi connectivity index (χ1n) is 32.4. The quantitative estimate of drug-likeness (QED) is 0.0410. The van der Waals surface area contributed by atoms with E-state index in [1.54, 1.807) is 122 Å². The molecule has 0 fully saturated rings. The third kappa shape index (κ3) is 18.0. The molecule has 0 radical (unpaired) electrons. The van der Waals surface area contributed by atoms with E-state index in [1.807, 2.05) is 66.7 Å². The van der Waals surface area contributed by atoms with Crippen LogP contribution in [0.25, 0.3) is 65.4 Å². The molecule has 11 N–H and O–H groups in total. The summed E-state index contributed by atoms with van der Waals surface area (Å²) in [7, 11) is 1.00. The zero-order valence-corrected chi connectivity index (χ0v) is 58.1. The van der Waals surface area contributed by atoms with Gasteiger partial charge in [-0.1, -0.05) is 72.6 Å². The predicted octanol–water partition coefficient (Wildman–Crippen LogP) is 14.6. The first-order chi connectivity index (χ1) is 51.2. The highest BCUT2D eigenvalue weighted by Crippen LogP contribution is 2.30. The number of amides is 5. The van der Waals surface area contributed by atoms with Crippen LogP contribution in [0.5, 0.6) is 0 Å². The molecule has 9 aromatic heterocycles. The molecule has 0 saturated heterocycles. The van der Waals surface area contributed by atoms with Gasteiger partial charge >= 0.3 is 0 Å². The summed E-state index contributed by atoms with van der Waals surface area (Å²) in [6.07, 6.45) is 11.0. The molecule has 6 aromatic carbocycles. The van der Waals surface area contributed by atoms with Crippen molar-refractivity contribution in [3.8, 4) is 6.07 Å². The second-order valence-corrected chi connectivity index (χ2v) is 25.3. The number of nitrogens with two attached hydrogens (primary N) is 2. The minimum Gasteiger partial charge on any atom is -0.400 e. The van der Waals surface area contributed by atoms with E-state index < -0.39 is 29.3 Å². The number of carbonyl (C=O) groups is 5. The van der Waals surface area contributed by atoms with E-state index in [9.17, 15) is 37.1 Å². The van der Waals surface area contributed by atoms with Gasteiger partial charge < -0.3 is 47.5 Å². The number of nitrogens with zero attached hydrogens (tertiary/aromatic N) is 7. The summed E-state index contributed by atoms with van der Waals surface area (Å²) in [5, 5.41) is 30.5. The van der Waals surface area contributed by atoms with Crippen LogP contribution in [0.1, 0.15) is 116 Å². The number of halogens is 6. The van der Waals surface area contributed by atoms with Crippen LogP contribution in [0.3, 0.4) is 0 Å². The van der Waals surface area contributed by atoms with E-state index in [4.69, 9.17) is 56.6 Å². The number of carbonyl (C=O) groups excluding carboxylic acids is 5. The maximum Gasteiger partial charge on any atom is 0.267 e. The van der Waals surface area contributed by atoms with Crippen molar-refractivity contribution in [2.45, 2.75) is 46.3 Å². The van der Waals surface area contributed by atoms with E-state index in [2.05, 4.69) is 60.8 Å². The zero-order valence-electron chi connectivity index (χ0n) is 55.8. The molecule has 0 saturated carbocycles. The summed E-state index contributed by atoms with van der Waals surface area (Å²) in [5.41, 5.74) is 22.6. The molecule has 0 aliphatic rings. The summed E-state index contributed by atoms with van der Waals surface area (Å²) in [5.74, 6) is -3.44. The first kappa shape index (κ1) is 75.2. The van der Waals surface area contributed by atoms with E-state index in [0.29, 0.717) is 129 Å². The lowest BCUT2D eigenvalue weighted by Crippen LogP contribution is -2.23. The Morgan fingerprint density at radius 3 is 1.07 bits per heavy atom. The SMILES string of the molecule is C.CO.N#Cc1ccc2cc(Cc3cc(C(=O)NCc4cc5c(Cl)c[nH]c5cc4F)ccn3)ccc2n1.NC(=O)c1ccc2cc(Cc3cc(C(=O)NCc4cc5c(Cl)c[nH]c5cc4F)ccn3)ccc2n1.NC(=O)c1ccc2cc(Cc3cc(C(=O)NCc4cc5c(Cl)c[nH]c5cc4F)ccn3)ccc2n1. The Kier molecular flexibility index (Phi) is 23.7. The van der Waals surface area contributed by atoms with E-state index in [-0.39, 0.29) is 56.2 Å². The third-order valence-corrected chi connectivity index (χ3v) is 17.9. The number of benzene rings is 6. The van der Waals surface area contributed by atoms with Crippen molar-refractivity contribution in [2.24, 2.45) is 11.5 Å². The van der Waals surface area contributed by atoms with Gasteiger partial charge in [-0.15, -0.1) is 0 Å². The van der Waals surface area contributed by atoms with Crippen LogP contribution >= 0.6 is 34.8 Å². The molecular weight excluding hydrogens is 1430 g/mol. The molecule has 15 rings (SSSR count). The molecule has 5 amide bonds. The Hall–Kier alpha value is -12.9. The number of rotatable bonds is 17. The van der Waals surface area contributed by atoms with Crippen LogP contribution < -0.4 is 27.4 Å².